The molecule has 0 unspecified atom stereocenters. The minimum atomic E-state index is -0.282. The molecule has 0 bridgehead atoms. The molecule has 23 heavy (non-hydrogen) atoms. The molecule has 0 atom stereocenters. The second-order valence-corrected chi connectivity index (χ2v) is 5.72. The number of nitrogen functional groups attached to an aromatic ring is 1. The van der Waals surface area contributed by atoms with Crippen molar-refractivity contribution in [2.75, 3.05) is 5.73 Å². The minimum absolute atomic E-state index is 0.282. The zero-order valence-electron chi connectivity index (χ0n) is 13.1. The van der Waals surface area contributed by atoms with E-state index < -0.39 is 0 Å². The third-order valence-electron chi connectivity index (χ3n) is 3.76. The van der Waals surface area contributed by atoms with Gasteiger partial charge in [0, 0.05) is 16.8 Å². The van der Waals surface area contributed by atoms with Crippen LogP contribution < -0.4 is 11.3 Å². The molecule has 0 radical (unpaired) electrons. The van der Waals surface area contributed by atoms with E-state index >= 15 is 0 Å². The van der Waals surface area contributed by atoms with Gasteiger partial charge in [0.25, 0.3) is 5.56 Å². The van der Waals surface area contributed by atoms with Crippen LogP contribution in [0.25, 0.3) is 22.6 Å². The van der Waals surface area contributed by atoms with Gasteiger partial charge in [-0.1, -0.05) is 50.2 Å². The number of para-hydroxylation sites is 1. The highest BCUT2D eigenvalue weighted by atomic mass is 16.1. The largest absolute Gasteiger partial charge is 0.398 e. The van der Waals surface area contributed by atoms with E-state index in [0.717, 1.165) is 5.56 Å². The van der Waals surface area contributed by atoms with E-state index in [9.17, 15) is 4.79 Å². The molecule has 2 aromatic carbocycles. The van der Waals surface area contributed by atoms with Gasteiger partial charge in [0.2, 0.25) is 0 Å². The third-order valence-corrected chi connectivity index (χ3v) is 3.76. The maximum Gasteiger partial charge on any atom is 0.278 e. The predicted molar refractivity (Wildman–Crippen MR) is 92.0 cm³/mol. The molecule has 5 heteroatoms. The number of nitrogens with zero attached hydrogens (tertiary/aromatic N) is 2. The molecule has 0 aliphatic heterocycles. The number of H-pyrrole nitrogens is 1. The van der Waals surface area contributed by atoms with E-state index in [4.69, 9.17) is 5.73 Å². The lowest BCUT2D eigenvalue weighted by Crippen LogP contribution is -2.14. The van der Waals surface area contributed by atoms with Crippen LogP contribution in [-0.2, 0) is 0 Å². The fourth-order valence-corrected chi connectivity index (χ4v) is 2.39. The second kappa shape index (κ2) is 6.04. The van der Waals surface area contributed by atoms with E-state index in [1.165, 1.54) is 5.56 Å². The van der Waals surface area contributed by atoms with E-state index in [0.29, 0.717) is 28.7 Å². The highest BCUT2D eigenvalue weighted by Crippen LogP contribution is 2.22. The Kier molecular flexibility index (Phi) is 3.93. The maximum absolute atomic E-state index is 12.3. The molecule has 0 aliphatic carbocycles. The number of hydrogen-bond donors (Lipinski definition) is 2. The van der Waals surface area contributed by atoms with Crippen LogP contribution in [0, 0.1) is 0 Å². The lowest BCUT2D eigenvalue weighted by atomic mass is 10.0. The van der Waals surface area contributed by atoms with E-state index in [1.807, 2.05) is 36.4 Å². The Morgan fingerprint density at radius 2 is 1.70 bits per heavy atom. The first-order valence-electron chi connectivity index (χ1n) is 7.48. The number of hydrogen-bond acceptors (Lipinski definition) is 4. The molecule has 0 amide bonds. The summed E-state index contributed by atoms with van der Waals surface area (Å²) in [6.07, 6.45) is 0. The van der Waals surface area contributed by atoms with E-state index in [1.54, 1.807) is 12.1 Å². The first-order valence-corrected chi connectivity index (χ1v) is 7.48. The third kappa shape index (κ3) is 2.99. The average Bonchev–Trinajstić information content (AvgIpc) is 2.55. The fourth-order valence-electron chi connectivity index (χ4n) is 2.39. The van der Waals surface area contributed by atoms with Gasteiger partial charge in [-0.05, 0) is 23.6 Å². The molecule has 0 fully saturated rings. The van der Waals surface area contributed by atoms with Crippen molar-refractivity contribution in [1.29, 1.82) is 0 Å². The Morgan fingerprint density at radius 1 is 1.00 bits per heavy atom. The summed E-state index contributed by atoms with van der Waals surface area (Å²) >= 11 is 0. The number of benzene rings is 2. The normalized spacial score (nSPS) is 10.9. The van der Waals surface area contributed by atoms with Crippen LogP contribution in [0.3, 0.4) is 0 Å². The van der Waals surface area contributed by atoms with Gasteiger partial charge >= 0.3 is 0 Å². The summed E-state index contributed by atoms with van der Waals surface area (Å²) in [6.45, 7) is 4.25. The van der Waals surface area contributed by atoms with Crippen LogP contribution in [-0.4, -0.2) is 15.2 Å². The molecule has 1 heterocycles. The van der Waals surface area contributed by atoms with Crippen molar-refractivity contribution in [2.45, 2.75) is 19.8 Å². The van der Waals surface area contributed by atoms with Crippen molar-refractivity contribution in [1.82, 2.24) is 15.2 Å². The van der Waals surface area contributed by atoms with Crippen molar-refractivity contribution in [3.8, 4) is 22.6 Å². The molecule has 5 nitrogen and oxygen atoms in total. The lowest BCUT2D eigenvalue weighted by molar-refractivity contribution is 0.866. The maximum atomic E-state index is 12.3. The standard InChI is InChI=1S/C18H18N4O/c1-11(2)12-7-9-13(10-8-12)16-18(23)20-17(22-21-16)14-5-3-4-6-15(14)19/h3-11H,19H2,1-2H3,(H,20,22,23). The molecule has 3 aromatic rings. The van der Waals surface area contributed by atoms with Crippen molar-refractivity contribution in [3.05, 3.63) is 64.4 Å². The summed E-state index contributed by atoms with van der Waals surface area (Å²) in [5.74, 6) is 0.813. The summed E-state index contributed by atoms with van der Waals surface area (Å²) in [4.78, 5) is 15.1. The van der Waals surface area contributed by atoms with Crippen molar-refractivity contribution in [3.63, 3.8) is 0 Å². The quantitative estimate of drug-likeness (QED) is 0.728. The molecule has 0 aliphatic rings. The average molecular weight is 306 g/mol. The van der Waals surface area contributed by atoms with Crippen LogP contribution in [0.5, 0.6) is 0 Å². The molecule has 116 valence electrons. The van der Waals surface area contributed by atoms with Gasteiger partial charge in [-0.2, -0.15) is 0 Å². The molecule has 0 saturated heterocycles. The van der Waals surface area contributed by atoms with Gasteiger partial charge in [0.05, 0.1) is 0 Å². The van der Waals surface area contributed by atoms with Gasteiger partial charge in [-0.15, -0.1) is 10.2 Å². The summed E-state index contributed by atoms with van der Waals surface area (Å²) in [5.41, 5.74) is 9.10. The zero-order chi connectivity index (χ0) is 16.4. The van der Waals surface area contributed by atoms with Crippen molar-refractivity contribution in [2.24, 2.45) is 0 Å². The summed E-state index contributed by atoms with van der Waals surface area (Å²) in [7, 11) is 0. The van der Waals surface area contributed by atoms with Crippen LogP contribution in [0.4, 0.5) is 5.69 Å². The minimum Gasteiger partial charge on any atom is -0.398 e. The van der Waals surface area contributed by atoms with E-state index in [2.05, 4.69) is 29.0 Å². The Morgan fingerprint density at radius 3 is 2.30 bits per heavy atom. The van der Waals surface area contributed by atoms with Gasteiger partial charge in [0.15, 0.2) is 11.5 Å². The molecule has 3 rings (SSSR count). The number of nitrogens with two attached hydrogens (primary N) is 1. The summed E-state index contributed by atoms with van der Waals surface area (Å²) in [6, 6.07) is 15.0. The van der Waals surface area contributed by atoms with Crippen molar-refractivity contribution >= 4 is 5.69 Å². The molecule has 3 N–H and O–H groups in total. The fraction of sp³-hybridized carbons (Fsp3) is 0.167. The van der Waals surface area contributed by atoms with E-state index in [-0.39, 0.29) is 5.56 Å². The second-order valence-electron chi connectivity index (χ2n) is 5.72. The highest BCUT2D eigenvalue weighted by molar-refractivity contribution is 5.71. The molecule has 0 spiro atoms. The Bertz CT molecular complexity index is 882. The SMILES string of the molecule is CC(C)c1ccc(-c2nnc(-c3ccccc3N)[nH]c2=O)cc1. The smallest absolute Gasteiger partial charge is 0.278 e. The van der Waals surface area contributed by atoms with Crippen LogP contribution >= 0.6 is 0 Å². The summed E-state index contributed by atoms with van der Waals surface area (Å²) < 4.78 is 0. The number of nitrogens with one attached hydrogen (secondary N) is 1. The van der Waals surface area contributed by atoms with Gasteiger partial charge in [0.1, 0.15) is 0 Å². The first kappa shape index (κ1) is 15.0. The van der Waals surface area contributed by atoms with Crippen LogP contribution in [0.1, 0.15) is 25.3 Å². The number of aromatic amines is 1. The molecular formula is C18H18N4O. The first-order chi connectivity index (χ1) is 11.1. The highest BCUT2D eigenvalue weighted by Gasteiger charge is 2.11. The number of anilines is 1. The Balaban J connectivity index is 2.00. The number of rotatable bonds is 3. The molecule has 0 saturated carbocycles. The Labute approximate surface area is 134 Å². The summed E-state index contributed by atoms with van der Waals surface area (Å²) in [5, 5.41) is 8.21. The van der Waals surface area contributed by atoms with Crippen molar-refractivity contribution < 1.29 is 0 Å². The topological polar surface area (TPSA) is 84.7 Å². The predicted octanol–water partition coefficient (Wildman–Crippen LogP) is 3.20. The van der Waals surface area contributed by atoms with Gasteiger partial charge < -0.3 is 10.7 Å². The number of aromatic nitrogens is 3. The zero-order valence-corrected chi connectivity index (χ0v) is 13.1. The van der Waals surface area contributed by atoms with Gasteiger partial charge in [-0.25, -0.2) is 0 Å². The van der Waals surface area contributed by atoms with Gasteiger partial charge in [-0.3, -0.25) is 4.79 Å². The Hall–Kier alpha value is -2.95. The molecule has 1 aromatic heterocycles. The van der Waals surface area contributed by atoms with Crippen LogP contribution in [0.2, 0.25) is 0 Å². The lowest BCUT2D eigenvalue weighted by Gasteiger charge is -2.07. The molecular weight excluding hydrogens is 288 g/mol. The van der Waals surface area contributed by atoms with Crippen LogP contribution in [0.15, 0.2) is 53.3 Å². The monoisotopic (exact) mass is 306 g/mol.